The van der Waals surface area contributed by atoms with E-state index < -0.39 is 23.6 Å². The number of anilines is 1. The first-order valence-electron chi connectivity index (χ1n) is 7.53. The molecule has 1 N–H and O–H groups in total. The number of hydrogen-bond donors (Lipinski definition) is 1. The maximum atomic E-state index is 12.8. The molecule has 2 rings (SSSR count). The second-order valence-corrected chi connectivity index (χ2v) is 5.03. The number of halogens is 3. The fraction of sp³-hybridized carbons (Fsp3) is 0.438. The summed E-state index contributed by atoms with van der Waals surface area (Å²) >= 11 is 0. The molecule has 0 saturated heterocycles. The van der Waals surface area contributed by atoms with Crippen molar-refractivity contribution >= 4 is 11.6 Å². The Morgan fingerprint density at radius 3 is 2.50 bits per heavy atom. The first-order chi connectivity index (χ1) is 11.4. The van der Waals surface area contributed by atoms with E-state index >= 15 is 0 Å². The molecule has 0 spiro atoms. The van der Waals surface area contributed by atoms with E-state index in [4.69, 9.17) is 9.47 Å². The topological polar surface area (TPSA) is 56.8 Å². The van der Waals surface area contributed by atoms with Crippen molar-refractivity contribution in [3.8, 4) is 5.75 Å². The first-order valence-corrected chi connectivity index (χ1v) is 7.53. The van der Waals surface area contributed by atoms with Gasteiger partial charge in [0.2, 0.25) is 11.5 Å². The lowest BCUT2D eigenvalue weighted by molar-refractivity contribution is -0.151. The molecule has 0 bridgehead atoms. The second-order valence-electron chi connectivity index (χ2n) is 5.03. The highest BCUT2D eigenvalue weighted by molar-refractivity contribution is 6.02. The Morgan fingerprint density at radius 2 is 1.88 bits per heavy atom. The van der Waals surface area contributed by atoms with E-state index in [0.717, 1.165) is 12.8 Å². The predicted octanol–water partition coefficient (Wildman–Crippen LogP) is 3.62. The van der Waals surface area contributed by atoms with E-state index in [-0.39, 0.29) is 13.2 Å². The molecule has 5 nitrogen and oxygen atoms in total. The molecule has 0 aliphatic carbocycles. The molecule has 1 heterocycles. The van der Waals surface area contributed by atoms with E-state index in [1.165, 1.54) is 12.1 Å². The van der Waals surface area contributed by atoms with Gasteiger partial charge < -0.3 is 19.5 Å². The Morgan fingerprint density at radius 1 is 1.21 bits per heavy atom. The van der Waals surface area contributed by atoms with Crippen LogP contribution in [0.15, 0.2) is 35.8 Å². The van der Waals surface area contributed by atoms with Gasteiger partial charge in [-0.2, -0.15) is 13.2 Å². The van der Waals surface area contributed by atoms with Crippen molar-refractivity contribution in [3.05, 3.63) is 35.8 Å². The highest BCUT2D eigenvalue weighted by atomic mass is 19.4. The standard InChI is InChI=1S/C16H18F3NO4/c1-2-3-8-22-12-6-4-11(5-7-12)20-15(21)13-14(16(17,18)19)24-10-9-23-13/h4-7H,2-3,8-10H2,1H3,(H,20,21). The number of amides is 1. The van der Waals surface area contributed by atoms with E-state index in [1.54, 1.807) is 12.1 Å². The van der Waals surface area contributed by atoms with Crippen LogP contribution in [0, 0.1) is 0 Å². The number of carbonyl (C=O) groups excluding carboxylic acids is 1. The maximum Gasteiger partial charge on any atom is 0.453 e. The third kappa shape index (κ3) is 4.81. The predicted molar refractivity (Wildman–Crippen MR) is 80.5 cm³/mol. The molecule has 8 heteroatoms. The molecular formula is C16H18F3NO4. The summed E-state index contributed by atoms with van der Waals surface area (Å²) in [6, 6.07) is 6.33. The monoisotopic (exact) mass is 345 g/mol. The summed E-state index contributed by atoms with van der Waals surface area (Å²) in [5, 5.41) is 2.35. The van der Waals surface area contributed by atoms with Crippen molar-refractivity contribution in [2.45, 2.75) is 25.9 Å². The summed E-state index contributed by atoms with van der Waals surface area (Å²) in [5.41, 5.74) is 0.325. The van der Waals surface area contributed by atoms with Gasteiger partial charge in [-0.3, -0.25) is 4.79 Å². The van der Waals surface area contributed by atoms with E-state index in [0.29, 0.717) is 18.0 Å². The van der Waals surface area contributed by atoms with Crippen LogP contribution in [0.1, 0.15) is 19.8 Å². The van der Waals surface area contributed by atoms with Crippen molar-refractivity contribution in [2.24, 2.45) is 0 Å². The molecule has 1 aliphatic rings. The molecule has 1 amide bonds. The lowest BCUT2D eigenvalue weighted by Crippen LogP contribution is -2.30. The Kier molecular flexibility index (Phi) is 5.94. The number of ether oxygens (including phenoxy) is 3. The molecule has 1 aliphatic heterocycles. The number of nitrogens with one attached hydrogen (secondary N) is 1. The van der Waals surface area contributed by atoms with Crippen molar-refractivity contribution in [1.29, 1.82) is 0 Å². The smallest absolute Gasteiger partial charge is 0.453 e. The van der Waals surface area contributed by atoms with Crippen molar-refractivity contribution in [2.75, 3.05) is 25.1 Å². The summed E-state index contributed by atoms with van der Waals surface area (Å²) in [5.74, 6) is -2.67. The minimum Gasteiger partial charge on any atom is -0.494 e. The average molecular weight is 345 g/mol. The van der Waals surface area contributed by atoms with Gasteiger partial charge in [0.05, 0.1) is 6.61 Å². The van der Waals surface area contributed by atoms with Crippen LogP contribution < -0.4 is 10.1 Å². The minimum absolute atomic E-state index is 0.119. The average Bonchev–Trinajstić information content (AvgIpc) is 2.56. The normalized spacial score (nSPS) is 14.7. The SMILES string of the molecule is CCCCOc1ccc(NC(=O)C2=C(C(F)(F)F)OCCO2)cc1. The van der Waals surface area contributed by atoms with E-state index in [1.807, 2.05) is 6.92 Å². The number of hydrogen-bond acceptors (Lipinski definition) is 4. The van der Waals surface area contributed by atoms with E-state index in [9.17, 15) is 18.0 Å². The van der Waals surface area contributed by atoms with Gasteiger partial charge in [0.1, 0.15) is 19.0 Å². The van der Waals surface area contributed by atoms with Gasteiger partial charge in [-0.15, -0.1) is 0 Å². The molecular weight excluding hydrogens is 327 g/mol. The maximum absolute atomic E-state index is 12.8. The second kappa shape index (κ2) is 7.94. The fourth-order valence-corrected chi connectivity index (χ4v) is 1.95. The van der Waals surface area contributed by atoms with E-state index in [2.05, 4.69) is 10.1 Å². The van der Waals surface area contributed by atoms with Gasteiger partial charge in [-0.25, -0.2) is 0 Å². The quantitative estimate of drug-likeness (QED) is 0.800. The number of alkyl halides is 3. The van der Waals surface area contributed by atoms with Gasteiger partial charge in [0, 0.05) is 5.69 Å². The van der Waals surface area contributed by atoms with Gasteiger partial charge in [0.25, 0.3) is 5.91 Å². The summed E-state index contributed by atoms with van der Waals surface area (Å²) < 4.78 is 53.3. The molecule has 132 valence electrons. The van der Waals surface area contributed by atoms with Gasteiger partial charge in [-0.05, 0) is 30.7 Å². The summed E-state index contributed by atoms with van der Waals surface area (Å²) in [6.07, 6.45) is -2.86. The zero-order chi connectivity index (χ0) is 17.6. The van der Waals surface area contributed by atoms with Crippen LogP contribution in [0.4, 0.5) is 18.9 Å². The molecule has 0 fully saturated rings. The molecule has 1 aromatic carbocycles. The number of carbonyl (C=O) groups is 1. The number of rotatable bonds is 6. The van der Waals surface area contributed by atoms with Crippen LogP contribution in [0.25, 0.3) is 0 Å². The molecule has 24 heavy (non-hydrogen) atoms. The number of benzene rings is 1. The van der Waals surface area contributed by atoms with Crippen molar-refractivity contribution < 1.29 is 32.2 Å². The summed E-state index contributed by atoms with van der Waals surface area (Å²) in [6.45, 7) is 2.25. The zero-order valence-electron chi connectivity index (χ0n) is 13.1. The van der Waals surface area contributed by atoms with Crippen LogP contribution in [0.2, 0.25) is 0 Å². The molecule has 1 aromatic rings. The van der Waals surface area contributed by atoms with Gasteiger partial charge in [0.15, 0.2) is 0 Å². The number of unbranched alkanes of at least 4 members (excludes halogenated alkanes) is 1. The third-order valence-electron chi connectivity index (χ3n) is 3.12. The minimum atomic E-state index is -4.79. The first kappa shape index (κ1) is 18.0. The molecule has 0 aromatic heterocycles. The van der Waals surface area contributed by atoms with Gasteiger partial charge >= 0.3 is 6.18 Å². The van der Waals surface area contributed by atoms with Gasteiger partial charge in [-0.1, -0.05) is 13.3 Å². The molecule has 0 saturated carbocycles. The molecule has 0 unspecified atom stereocenters. The Hall–Kier alpha value is -2.38. The number of allylic oxidation sites excluding steroid dienone is 1. The van der Waals surface area contributed by atoms with Crippen LogP contribution >= 0.6 is 0 Å². The third-order valence-corrected chi connectivity index (χ3v) is 3.12. The van der Waals surface area contributed by atoms with Crippen LogP contribution in [0.5, 0.6) is 5.75 Å². The lowest BCUT2D eigenvalue weighted by Gasteiger charge is -2.22. The lowest BCUT2D eigenvalue weighted by atomic mass is 10.2. The zero-order valence-corrected chi connectivity index (χ0v) is 13.1. The summed E-state index contributed by atoms with van der Waals surface area (Å²) in [7, 11) is 0. The summed E-state index contributed by atoms with van der Waals surface area (Å²) in [4.78, 5) is 12.0. The van der Waals surface area contributed by atoms with Crippen LogP contribution in [-0.4, -0.2) is 31.9 Å². The highest BCUT2D eigenvalue weighted by Gasteiger charge is 2.43. The van der Waals surface area contributed by atoms with Crippen LogP contribution in [0.3, 0.4) is 0 Å². The Labute approximate surface area is 137 Å². The Balaban J connectivity index is 2.04. The van der Waals surface area contributed by atoms with Crippen molar-refractivity contribution in [1.82, 2.24) is 0 Å². The Bertz CT molecular complexity index is 596. The molecule has 0 atom stereocenters. The van der Waals surface area contributed by atoms with Crippen LogP contribution in [-0.2, 0) is 14.3 Å². The van der Waals surface area contributed by atoms with Crippen molar-refractivity contribution in [3.63, 3.8) is 0 Å². The highest BCUT2D eigenvalue weighted by Crippen LogP contribution is 2.32. The largest absolute Gasteiger partial charge is 0.494 e. The molecule has 0 radical (unpaired) electrons. The fourth-order valence-electron chi connectivity index (χ4n) is 1.95.